The third-order valence-electron chi connectivity index (χ3n) is 4.75. The summed E-state index contributed by atoms with van der Waals surface area (Å²) >= 11 is 0. The minimum atomic E-state index is -0.0541. The zero-order chi connectivity index (χ0) is 17.2. The van der Waals surface area contributed by atoms with Crippen LogP contribution in [0.15, 0.2) is 49.1 Å². The van der Waals surface area contributed by atoms with Crippen molar-refractivity contribution in [2.24, 2.45) is 0 Å². The number of benzene rings is 1. The number of aryl methyl sites for hydroxylation is 1. The molecule has 0 saturated carbocycles. The molecule has 1 aliphatic rings. The zero-order valence-electron chi connectivity index (χ0n) is 14.2. The topological polar surface area (TPSA) is 59.8 Å². The Labute approximate surface area is 146 Å². The number of hydrogen-bond donors (Lipinski definition) is 1. The van der Waals surface area contributed by atoms with Crippen LogP contribution in [0.25, 0.3) is 0 Å². The smallest absolute Gasteiger partial charge is 0.256 e. The van der Waals surface area contributed by atoms with E-state index in [0.29, 0.717) is 12.2 Å². The molecule has 25 heavy (non-hydrogen) atoms. The van der Waals surface area contributed by atoms with Crippen LogP contribution in [0.3, 0.4) is 0 Å². The summed E-state index contributed by atoms with van der Waals surface area (Å²) in [5, 5.41) is 7.31. The number of carbonyl (C=O) groups excluding carboxylic acids is 1. The first kappa shape index (κ1) is 15.6. The average Bonchev–Trinajstić information content (AvgIpc) is 3.26. The number of pyridine rings is 1. The lowest BCUT2D eigenvalue weighted by Gasteiger charge is -2.10. The van der Waals surface area contributed by atoms with Gasteiger partial charge in [-0.25, -0.2) is 0 Å². The van der Waals surface area contributed by atoms with Gasteiger partial charge < -0.3 is 5.32 Å². The number of anilines is 1. The van der Waals surface area contributed by atoms with Gasteiger partial charge in [0.15, 0.2) is 0 Å². The lowest BCUT2D eigenvalue weighted by Crippen LogP contribution is -2.14. The van der Waals surface area contributed by atoms with Crippen molar-refractivity contribution in [1.82, 2.24) is 14.8 Å². The van der Waals surface area contributed by atoms with Gasteiger partial charge in [0.25, 0.3) is 5.91 Å². The molecule has 1 aliphatic carbocycles. The Kier molecular flexibility index (Phi) is 4.06. The van der Waals surface area contributed by atoms with Crippen LogP contribution >= 0.6 is 0 Å². The van der Waals surface area contributed by atoms with E-state index >= 15 is 0 Å². The summed E-state index contributed by atoms with van der Waals surface area (Å²) in [6.07, 6.45) is 10.3. The van der Waals surface area contributed by atoms with E-state index in [1.54, 1.807) is 18.6 Å². The van der Waals surface area contributed by atoms with Crippen LogP contribution in [0, 0.1) is 6.92 Å². The molecular formula is C20H20N4O. The minimum Gasteiger partial charge on any atom is -0.319 e. The van der Waals surface area contributed by atoms with Gasteiger partial charge in [0.2, 0.25) is 0 Å². The summed E-state index contributed by atoms with van der Waals surface area (Å²) in [7, 11) is 0. The van der Waals surface area contributed by atoms with Crippen molar-refractivity contribution < 1.29 is 4.79 Å². The fourth-order valence-corrected chi connectivity index (χ4v) is 3.49. The molecule has 1 aromatic carbocycles. The number of carbonyl (C=O) groups is 1. The van der Waals surface area contributed by atoms with E-state index in [2.05, 4.69) is 22.3 Å². The number of rotatable bonds is 4. The van der Waals surface area contributed by atoms with Crippen LogP contribution in [0.2, 0.25) is 0 Å². The molecule has 5 heteroatoms. The van der Waals surface area contributed by atoms with E-state index in [0.717, 1.165) is 30.4 Å². The van der Waals surface area contributed by atoms with Gasteiger partial charge in [-0.3, -0.25) is 14.5 Å². The summed E-state index contributed by atoms with van der Waals surface area (Å²) in [5.41, 5.74) is 6.47. The van der Waals surface area contributed by atoms with Crippen molar-refractivity contribution in [3.05, 3.63) is 76.9 Å². The van der Waals surface area contributed by atoms with E-state index in [9.17, 15) is 4.79 Å². The fraction of sp³-hybridized carbons (Fsp3) is 0.250. The first-order chi connectivity index (χ1) is 12.2. The number of aromatic nitrogens is 3. The summed E-state index contributed by atoms with van der Waals surface area (Å²) in [5.74, 6) is -0.0541. The highest BCUT2D eigenvalue weighted by Crippen LogP contribution is 2.28. The summed E-state index contributed by atoms with van der Waals surface area (Å²) in [4.78, 5) is 16.7. The molecule has 0 saturated heterocycles. The third-order valence-corrected chi connectivity index (χ3v) is 4.75. The van der Waals surface area contributed by atoms with E-state index in [1.165, 1.54) is 16.7 Å². The van der Waals surface area contributed by atoms with Gasteiger partial charge >= 0.3 is 0 Å². The van der Waals surface area contributed by atoms with Crippen LogP contribution in [0.5, 0.6) is 0 Å². The Bertz CT molecular complexity index is 915. The Morgan fingerprint density at radius 2 is 1.96 bits per heavy atom. The predicted molar refractivity (Wildman–Crippen MR) is 96.7 cm³/mol. The molecule has 0 spiro atoms. The third kappa shape index (κ3) is 3.18. The van der Waals surface area contributed by atoms with Gasteiger partial charge in [-0.1, -0.05) is 6.07 Å². The first-order valence-electron chi connectivity index (χ1n) is 8.55. The van der Waals surface area contributed by atoms with E-state index in [-0.39, 0.29) is 5.91 Å². The number of amides is 1. The predicted octanol–water partition coefficient (Wildman–Crippen LogP) is 3.38. The van der Waals surface area contributed by atoms with Crippen molar-refractivity contribution in [2.75, 3.05) is 5.32 Å². The van der Waals surface area contributed by atoms with Gasteiger partial charge in [-0.2, -0.15) is 5.10 Å². The summed E-state index contributed by atoms with van der Waals surface area (Å²) < 4.78 is 1.81. The van der Waals surface area contributed by atoms with Crippen molar-refractivity contribution in [3.8, 4) is 0 Å². The van der Waals surface area contributed by atoms with Crippen LogP contribution in [-0.2, 0) is 19.4 Å². The van der Waals surface area contributed by atoms with E-state index in [4.69, 9.17) is 0 Å². The van der Waals surface area contributed by atoms with Crippen molar-refractivity contribution in [3.63, 3.8) is 0 Å². The maximum absolute atomic E-state index is 12.7. The normalized spacial score (nSPS) is 12.8. The lowest BCUT2D eigenvalue weighted by atomic mass is 9.98. The Morgan fingerprint density at radius 3 is 2.80 bits per heavy atom. The van der Waals surface area contributed by atoms with Crippen LogP contribution in [-0.4, -0.2) is 20.7 Å². The zero-order valence-corrected chi connectivity index (χ0v) is 14.2. The first-order valence-corrected chi connectivity index (χ1v) is 8.55. The van der Waals surface area contributed by atoms with Crippen molar-refractivity contribution in [2.45, 2.75) is 32.7 Å². The van der Waals surface area contributed by atoms with Gasteiger partial charge in [0.05, 0.1) is 18.4 Å². The monoisotopic (exact) mass is 332 g/mol. The Balaban J connectivity index is 1.50. The summed E-state index contributed by atoms with van der Waals surface area (Å²) in [6, 6.07) is 7.90. The minimum absolute atomic E-state index is 0.0541. The van der Waals surface area contributed by atoms with Crippen molar-refractivity contribution >= 4 is 11.6 Å². The molecule has 0 bridgehead atoms. The second-order valence-electron chi connectivity index (χ2n) is 6.48. The number of fused-ring (bicyclic) bond motifs is 1. The highest BCUT2D eigenvalue weighted by atomic mass is 16.1. The second kappa shape index (κ2) is 6.51. The fourth-order valence-electron chi connectivity index (χ4n) is 3.49. The maximum atomic E-state index is 12.7. The molecule has 2 heterocycles. The molecule has 126 valence electrons. The largest absolute Gasteiger partial charge is 0.319 e. The molecule has 0 radical (unpaired) electrons. The highest BCUT2D eigenvalue weighted by Gasteiger charge is 2.20. The molecule has 4 rings (SSSR count). The van der Waals surface area contributed by atoms with Crippen LogP contribution < -0.4 is 5.32 Å². The van der Waals surface area contributed by atoms with E-state index in [1.807, 2.05) is 35.1 Å². The molecule has 0 unspecified atom stereocenters. The summed E-state index contributed by atoms with van der Waals surface area (Å²) in [6.45, 7) is 2.77. The van der Waals surface area contributed by atoms with Gasteiger partial charge in [0.1, 0.15) is 0 Å². The van der Waals surface area contributed by atoms with Gasteiger partial charge in [0, 0.05) is 24.2 Å². The average molecular weight is 332 g/mol. The van der Waals surface area contributed by atoms with Crippen molar-refractivity contribution in [1.29, 1.82) is 0 Å². The molecule has 1 amide bonds. The standard InChI is InChI=1S/C20H20N4O/c1-14-5-6-19(18-4-2-3-17(14)18)20(25)23-16-11-22-24(13-16)12-15-7-9-21-10-8-15/h5-11,13H,2-4,12H2,1H3,(H,23,25). The SMILES string of the molecule is Cc1ccc(C(=O)Nc2cnn(Cc3ccncc3)c2)c2c1CCC2. The number of hydrogen-bond acceptors (Lipinski definition) is 3. The maximum Gasteiger partial charge on any atom is 0.256 e. The molecule has 5 nitrogen and oxygen atoms in total. The highest BCUT2D eigenvalue weighted by molar-refractivity contribution is 6.05. The Hall–Kier alpha value is -2.95. The molecule has 0 atom stereocenters. The van der Waals surface area contributed by atoms with Crippen LogP contribution in [0.1, 0.15) is 39.0 Å². The molecule has 1 N–H and O–H groups in total. The molecule has 0 aliphatic heterocycles. The van der Waals surface area contributed by atoms with Gasteiger partial charge in [-0.05, 0) is 66.6 Å². The van der Waals surface area contributed by atoms with E-state index < -0.39 is 0 Å². The quantitative estimate of drug-likeness (QED) is 0.797. The molecule has 0 fully saturated rings. The van der Waals surface area contributed by atoms with Gasteiger partial charge in [-0.15, -0.1) is 0 Å². The Morgan fingerprint density at radius 1 is 1.16 bits per heavy atom. The second-order valence-corrected chi connectivity index (χ2v) is 6.48. The molecule has 2 aromatic heterocycles. The number of nitrogens with zero attached hydrogens (tertiary/aromatic N) is 3. The molecule has 3 aromatic rings. The number of nitrogens with one attached hydrogen (secondary N) is 1. The molecular weight excluding hydrogens is 312 g/mol. The lowest BCUT2D eigenvalue weighted by molar-refractivity contribution is 0.102. The van der Waals surface area contributed by atoms with Crippen LogP contribution in [0.4, 0.5) is 5.69 Å².